The molecule has 4 aromatic rings. The SMILES string of the molecule is C[C@@H]1c2cc(F)ccc2C(=O)N(C)Cc2nn(C)c(C#N)c2-c2cnc3[nH]cc1c3c2. The van der Waals surface area contributed by atoms with Crippen molar-refractivity contribution in [3.05, 3.63) is 70.6 Å². The Morgan fingerprint density at radius 2 is 2.06 bits per heavy atom. The second-order valence-electron chi connectivity index (χ2n) is 7.88. The Balaban J connectivity index is 1.86. The Kier molecular flexibility index (Phi) is 4.15. The molecule has 0 unspecified atom stereocenters. The quantitative estimate of drug-likeness (QED) is 0.475. The second-order valence-corrected chi connectivity index (χ2v) is 7.88. The standard InChI is InChI=1S/C23H19FN6O/c1-12-16-7-14(24)4-5-15(16)23(31)29(2)11-19-21(20(8-25)30(3)28-19)13-6-17-18(12)10-27-22(17)26-9-13/h4-7,9-10,12H,11H2,1-3H3,(H,26,27)/t12-/m1/s1. The maximum atomic E-state index is 14.2. The number of nitriles is 1. The van der Waals surface area contributed by atoms with Crippen molar-refractivity contribution in [3.8, 4) is 17.2 Å². The summed E-state index contributed by atoms with van der Waals surface area (Å²) in [5, 5.41) is 15.1. The van der Waals surface area contributed by atoms with Gasteiger partial charge in [-0.25, -0.2) is 9.37 Å². The van der Waals surface area contributed by atoms with Gasteiger partial charge in [-0.05, 0) is 35.4 Å². The normalized spacial score (nSPS) is 15.9. The van der Waals surface area contributed by atoms with Gasteiger partial charge in [-0.3, -0.25) is 9.48 Å². The van der Waals surface area contributed by atoms with Gasteiger partial charge >= 0.3 is 0 Å². The van der Waals surface area contributed by atoms with Gasteiger partial charge in [0.1, 0.15) is 23.2 Å². The molecule has 1 N–H and O–H groups in total. The monoisotopic (exact) mass is 414 g/mol. The minimum absolute atomic E-state index is 0.201. The van der Waals surface area contributed by atoms with Gasteiger partial charge in [0.05, 0.1) is 12.2 Å². The van der Waals surface area contributed by atoms with E-state index < -0.39 is 5.82 Å². The molecule has 154 valence electrons. The van der Waals surface area contributed by atoms with Gasteiger partial charge < -0.3 is 9.88 Å². The number of benzene rings is 1. The lowest BCUT2D eigenvalue weighted by Crippen LogP contribution is -2.28. The fraction of sp³-hybridized carbons (Fsp3) is 0.217. The molecule has 0 spiro atoms. The van der Waals surface area contributed by atoms with Crippen LogP contribution in [0.4, 0.5) is 4.39 Å². The lowest BCUT2D eigenvalue weighted by atomic mass is 9.88. The molecular formula is C23H19FN6O. The summed E-state index contributed by atoms with van der Waals surface area (Å²) in [6, 6.07) is 8.46. The summed E-state index contributed by atoms with van der Waals surface area (Å²) in [6.07, 6.45) is 3.55. The summed E-state index contributed by atoms with van der Waals surface area (Å²) in [6.45, 7) is 2.15. The van der Waals surface area contributed by atoms with Gasteiger partial charge in [-0.2, -0.15) is 10.4 Å². The molecule has 1 aliphatic heterocycles. The van der Waals surface area contributed by atoms with Gasteiger partial charge in [-0.15, -0.1) is 0 Å². The number of amides is 1. The minimum Gasteiger partial charge on any atom is -0.346 e. The summed E-state index contributed by atoms with van der Waals surface area (Å²) < 4.78 is 15.7. The average Bonchev–Trinajstić information content (AvgIpc) is 3.31. The molecule has 2 bridgehead atoms. The summed E-state index contributed by atoms with van der Waals surface area (Å²) in [7, 11) is 3.39. The van der Waals surface area contributed by atoms with E-state index in [1.165, 1.54) is 22.9 Å². The van der Waals surface area contributed by atoms with Gasteiger partial charge in [0.15, 0.2) is 0 Å². The molecule has 8 heteroatoms. The lowest BCUT2D eigenvalue weighted by molar-refractivity contribution is 0.0782. The summed E-state index contributed by atoms with van der Waals surface area (Å²) in [5.41, 5.74) is 5.06. The molecular weight excluding hydrogens is 395 g/mol. The van der Waals surface area contributed by atoms with E-state index in [2.05, 4.69) is 21.1 Å². The van der Waals surface area contributed by atoms with Crippen molar-refractivity contribution in [1.29, 1.82) is 5.26 Å². The zero-order valence-electron chi connectivity index (χ0n) is 17.3. The van der Waals surface area contributed by atoms with Crippen LogP contribution in [0.1, 0.15) is 45.7 Å². The fourth-order valence-corrected chi connectivity index (χ4v) is 4.40. The van der Waals surface area contributed by atoms with Crippen LogP contribution in [0.2, 0.25) is 0 Å². The predicted molar refractivity (Wildman–Crippen MR) is 113 cm³/mol. The van der Waals surface area contributed by atoms with Crippen LogP contribution in [0.25, 0.3) is 22.2 Å². The highest BCUT2D eigenvalue weighted by Gasteiger charge is 2.27. The number of hydrogen-bond donors (Lipinski definition) is 1. The number of aromatic amines is 1. The molecule has 3 aromatic heterocycles. The molecule has 1 aromatic carbocycles. The third-order valence-corrected chi connectivity index (χ3v) is 5.99. The Bertz CT molecular complexity index is 1410. The van der Waals surface area contributed by atoms with Crippen LogP contribution in [-0.4, -0.2) is 37.6 Å². The van der Waals surface area contributed by atoms with Crippen molar-refractivity contribution in [3.63, 3.8) is 0 Å². The van der Waals surface area contributed by atoms with Crippen LogP contribution in [0.3, 0.4) is 0 Å². The molecule has 31 heavy (non-hydrogen) atoms. The number of rotatable bonds is 0. The number of hydrogen-bond acceptors (Lipinski definition) is 4. The molecule has 7 nitrogen and oxygen atoms in total. The van der Waals surface area contributed by atoms with E-state index in [0.29, 0.717) is 33.7 Å². The molecule has 1 amide bonds. The highest BCUT2D eigenvalue weighted by Crippen LogP contribution is 2.36. The number of carbonyl (C=O) groups excluding carboxylic acids is 1. The number of halogens is 1. The number of H-pyrrole nitrogens is 1. The first-order chi connectivity index (χ1) is 14.9. The largest absolute Gasteiger partial charge is 0.346 e. The van der Waals surface area contributed by atoms with Crippen molar-refractivity contribution in [2.24, 2.45) is 7.05 Å². The number of fused-ring (bicyclic) bond motifs is 4. The van der Waals surface area contributed by atoms with E-state index in [4.69, 9.17) is 0 Å². The smallest absolute Gasteiger partial charge is 0.254 e. The van der Waals surface area contributed by atoms with Crippen LogP contribution in [0.5, 0.6) is 0 Å². The van der Waals surface area contributed by atoms with Crippen molar-refractivity contribution in [1.82, 2.24) is 24.6 Å². The van der Waals surface area contributed by atoms with E-state index in [1.54, 1.807) is 25.2 Å². The van der Waals surface area contributed by atoms with Gasteiger partial charge in [0, 0.05) is 54.5 Å². The fourth-order valence-electron chi connectivity index (χ4n) is 4.40. The predicted octanol–water partition coefficient (Wildman–Crippen LogP) is 3.71. The van der Waals surface area contributed by atoms with Crippen molar-refractivity contribution < 1.29 is 9.18 Å². The highest BCUT2D eigenvalue weighted by atomic mass is 19.1. The zero-order chi connectivity index (χ0) is 21.9. The number of carbonyl (C=O) groups is 1. The lowest BCUT2D eigenvalue weighted by Gasteiger charge is -2.22. The summed E-state index contributed by atoms with van der Waals surface area (Å²) in [4.78, 5) is 22.6. The Labute approximate surface area is 177 Å². The van der Waals surface area contributed by atoms with Gasteiger partial charge in [0.25, 0.3) is 5.91 Å². The van der Waals surface area contributed by atoms with Gasteiger partial charge in [-0.1, -0.05) is 6.92 Å². The number of aromatic nitrogens is 4. The molecule has 0 saturated carbocycles. The number of pyridine rings is 1. The molecule has 0 aliphatic carbocycles. The maximum Gasteiger partial charge on any atom is 0.254 e. The Morgan fingerprint density at radius 1 is 1.26 bits per heavy atom. The third kappa shape index (κ3) is 2.81. The molecule has 1 atom stereocenters. The van der Waals surface area contributed by atoms with E-state index in [1.807, 2.05) is 19.2 Å². The topological polar surface area (TPSA) is 90.6 Å². The second kappa shape index (κ2) is 6.77. The van der Waals surface area contributed by atoms with E-state index in [0.717, 1.165) is 16.5 Å². The van der Waals surface area contributed by atoms with Gasteiger partial charge in [0.2, 0.25) is 0 Å². The van der Waals surface area contributed by atoms with E-state index in [-0.39, 0.29) is 18.4 Å². The van der Waals surface area contributed by atoms with Crippen molar-refractivity contribution in [2.45, 2.75) is 19.4 Å². The first-order valence-electron chi connectivity index (χ1n) is 9.87. The Morgan fingerprint density at radius 3 is 2.84 bits per heavy atom. The van der Waals surface area contributed by atoms with Crippen LogP contribution >= 0.6 is 0 Å². The highest BCUT2D eigenvalue weighted by molar-refractivity contribution is 5.96. The van der Waals surface area contributed by atoms with Crippen molar-refractivity contribution in [2.75, 3.05) is 7.05 Å². The average molecular weight is 414 g/mol. The van der Waals surface area contributed by atoms with Crippen LogP contribution < -0.4 is 0 Å². The number of aryl methyl sites for hydroxylation is 1. The summed E-state index contributed by atoms with van der Waals surface area (Å²) >= 11 is 0. The molecule has 4 heterocycles. The third-order valence-electron chi connectivity index (χ3n) is 5.99. The van der Waals surface area contributed by atoms with Crippen LogP contribution in [0.15, 0.2) is 36.7 Å². The molecule has 0 fully saturated rings. The van der Waals surface area contributed by atoms with Crippen LogP contribution in [-0.2, 0) is 13.6 Å². The summed E-state index contributed by atoms with van der Waals surface area (Å²) in [5.74, 6) is -0.874. The van der Waals surface area contributed by atoms with E-state index >= 15 is 0 Å². The van der Waals surface area contributed by atoms with Crippen LogP contribution in [0, 0.1) is 17.1 Å². The minimum atomic E-state index is -0.391. The first-order valence-corrected chi connectivity index (χ1v) is 9.87. The first kappa shape index (κ1) is 19.0. The molecule has 0 radical (unpaired) electrons. The molecule has 1 aliphatic rings. The molecule has 0 saturated heterocycles. The van der Waals surface area contributed by atoms with Crippen molar-refractivity contribution >= 4 is 16.9 Å². The Hall–Kier alpha value is -3.99. The number of nitrogens with zero attached hydrogens (tertiary/aromatic N) is 5. The zero-order valence-corrected chi connectivity index (χ0v) is 17.3. The maximum absolute atomic E-state index is 14.2. The van der Waals surface area contributed by atoms with E-state index in [9.17, 15) is 14.4 Å². The molecule has 5 rings (SSSR count). The number of nitrogens with one attached hydrogen (secondary N) is 1.